The minimum absolute atomic E-state index is 0.286. The van der Waals surface area contributed by atoms with Crippen LogP contribution in [0.1, 0.15) is 32.6 Å². The van der Waals surface area contributed by atoms with Crippen LogP contribution in [-0.4, -0.2) is 34.6 Å². The predicted molar refractivity (Wildman–Crippen MR) is 69.5 cm³/mol. The van der Waals surface area contributed by atoms with Crippen molar-refractivity contribution in [2.75, 3.05) is 24.0 Å². The molecule has 1 fully saturated rings. The Labute approximate surface area is 107 Å². The number of nitrogens with zero attached hydrogens (tertiary/aromatic N) is 4. The van der Waals surface area contributed by atoms with E-state index in [4.69, 9.17) is 10.6 Å². The zero-order chi connectivity index (χ0) is 13.0. The van der Waals surface area contributed by atoms with Gasteiger partial charge in [-0.15, -0.1) is 0 Å². The highest BCUT2D eigenvalue weighted by Crippen LogP contribution is 2.25. The number of aromatic nitrogens is 3. The maximum absolute atomic E-state index is 5.36. The zero-order valence-electron chi connectivity index (χ0n) is 10.9. The van der Waals surface area contributed by atoms with Crippen LogP contribution >= 0.6 is 0 Å². The molecule has 1 saturated heterocycles. The zero-order valence-corrected chi connectivity index (χ0v) is 10.9. The van der Waals surface area contributed by atoms with Crippen LogP contribution in [0.4, 0.5) is 11.9 Å². The van der Waals surface area contributed by atoms with Crippen molar-refractivity contribution < 1.29 is 4.74 Å². The highest BCUT2D eigenvalue weighted by atomic mass is 16.5. The Kier molecular flexibility index (Phi) is 4.14. The molecule has 1 aliphatic heterocycles. The van der Waals surface area contributed by atoms with Gasteiger partial charge in [-0.05, 0) is 25.7 Å². The molecule has 18 heavy (non-hydrogen) atoms. The summed E-state index contributed by atoms with van der Waals surface area (Å²) in [4.78, 5) is 14.8. The van der Waals surface area contributed by atoms with Gasteiger partial charge in [0.1, 0.15) is 0 Å². The molecule has 100 valence electrons. The lowest BCUT2D eigenvalue weighted by atomic mass is 10.0. The van der Waals surface area contributed by atoms with Crippen LogP contribution in [0, 0.1) is 0 Å². The summed E-state index contributed by atoms with van der Waals surface area (Å²) in [6, 6.07) is 0.768. The van der Waals surface area contributed by atoms with Crippen LogP contribution < -0.4 is 20.9 Å². The number of hydrogen-bond acceptors (Lipinski definition) is 7. The summed E-state index contributed by atoms with van der Waals surface area (Å²) in [5.74, 6) is 6.33. The molecule has 3 N–H and O–H groups in total. The smallest absolute Gasteiger partial charge is 0.322 e. The number of nitrogen functional groups attached to an aromatic ring is 1. The number of methoxy groups -OCH3 is 1. The summed E-state index contributed by atoms with van der Waals surface area (Å²) in [6.45, 7) is 3.15. The summed E-state index contributed by atoms with van der Waals surface area (Å²) in [5, 5.41) is 0. The fraction of sp³-hybridized carbons (Fsp3) is 0.727. The topological polar surface area (TPSA) is 89.2 Å². The van der Waals surface area contributed by atoms with Crippen LogP contribution in [0.3, 0.4) is 0 Å². The van der Waals surface area contributed by atoms with Crippen molar-refractivity contribution in [1.82, 2.24) is 15.0 Å². The lowest BCUT2D eigenvalue weighted by Crippen LogP contribution is -2.40. The normalized spacial score (nSPS) is 19.7. The van der Waals surface area contributed by atoms with Gasteiger partial charge >= 0.3 is 6.01 Å². The number of nitrogens with one attached hydrogen (secondary N) is 1. The van der Waals surface area contributed by atoms with Crippen molar-refractivity contribution in [3.05, 3.63) is 0 Å². The molecule has 0 aliphatic carbocycles. The number of nitrogens with two attached hydrogens (primary N) is 1. The van der Waals surface area contributed by atoms with Crippen LogP contribution in [0.2, 0.25) is 0 Å². The van der Waals surface area contributed by atoms with Crippen LogP contribution in [0.15, 0.2) is 0 Å². The molecule has 1 aromatic heterocycles. The molecule has 0 radical (unpaired) electrons. The number of ether oxygens (including phenoxy) is 1. The van der Waals surface area contributed by atoms with E-state index in [-0.39, 0.29) is 6.01 Å². The first-order chi connectivity index (χ1) is 8.78. The van der Waals surface area contributed by atoms with Gasteiger partial charge in [0.25, 0.3) is 0 Å². The first-order valence-corrected chi connectivity index (χ1v) is 6.31. The minimum atomic E-state index is 0.286. The molecule has 1 atom stereocenters. The van der Waals surface area contributed by atoms with Crippen LogP contribution in [0.5, 0.6) is 6.01 Å². The third-order valence-corrected chi connectivity index (χ3v) is 3.27. The number of piperidine rings is 1. The lowest BCUT2D eigenvalue weighted by molar-refractivity contribution is 0.375. The molecule has 0 saturated carbocycles. The first-order valence-electron chi connectivity index (χ1n) is 6.31. The van der Waals surface area contributed by atoms with E-state index in [1.54, 1.807) is 0 Å². The number of hydrazine groups is 1. The van der Waals surface area contributed by atoms with E-state index >= 15 is 0 Å². The summed E-state index contributed by atoms with van der Waals surface area (Å²) >= 11 is 0. The van der Waals surface area contributed by atoms with E-state index in [0.29, 0.717) is 17.9 Å². The van der Waals surface area contributed by atoms with E-state index < -0.39 is 0 Å². The third kappa shape index (κ3) is 2.61. The Hall–Kier alpha value is -1.63. The molecule has 2 rings (SSSR count). The minimum Gasteiger partial charge on any atom is -0.467 e. The van der Waals surface area contributed by atoms with Crippen molar-refractivity contribution in [1.29, 1.82) is 0 Å². The molecule has 0 spiro atoms. The van der Waals surface area contributed by atoms with Crippen LogP contribution in [-0.2, 0) is 0 Å². The largest absolute Gasteiger partial charge is 0.467 e. The summed E-state index contributed by atoms with van der Waals surface area (Å²) < 4.78 is 5.07. The number of hydrogen-bond donors (Lipinski definition) is 2. The van der Waals surface area contributed by atoms with Crippen molar-refractivity contribution in [2.45, 2.75) is 38.6 Å². The van der Waals surface area contributed by atoms with Crippen molar-refractivity contribution in [3.63, 3.8) is 0 Å². The van der Waals surface area contributed by atoms with Gasteiger partial charge < -0.3 is 9.64 Å². The van der Waals surface area contributed by atoms with E-state index in [9.17, 15) is 0 Å². The van der Waals surface area contributed by atoms with Gasteiger partial charge in [-0.2, -0.15) is 15.0 Å². The van der Waals surface area contributed by atoms with Gasteiger partial charge in [0.05, 0.1) is 7.11 Å². The quantitative estimate of drug-likeness (QED) is 0.608. The summed E-state index contributed by atoms with van der Waals surface area (Å²) in [5.41, 5.74) is 2.45. The molecule has 2 heterocycles. The molecular formula is C11H20N6O. The lowest BCUT2D eigenvalue weighted by Gasteiger charge is -2.35. The molecule has 1 aromatic rings. The molecule has 1 unspecified atom stereocenters. The average molecular weight is 252 g/mol. The van der Waals surface area contributed by atoms with Gasteiger partial charge in [-0.3, -0.25) is 5.43 Å². The third-order valence-electron chi connectivity index (χ3n) is 3.27. The number of rotatable bonds is 4. The van der Waals surface area contributed by atoms with Gasteiger partial charge in [-0.25, -0.2) is 5.84 Å². The second-order valence-electron chi connectivity index (χ2n) is 4.34. The van der Waals surface area contributed by atoms with Crippen molar-refractivity contribution in [3.8, 4) is 6.01 Å². The van der Waals surface area contributed by atoms with E-state index in [1.165, 1.54) is 20.0 Å². The van der Waals surface area contributed by atoms with Gasteiger partial charge in [0, 0.05) is 12.6 Å². The Bertz CT molecular complexity index is 377. The second-order valence-corrected chi connectivity index (χ2v) is 4.34. The first kappa shape index (κ1) is 12.8. The Morgan fingerprint density at radius 2 is 2.22 bits per heavy atom. The van der Waals surface area contributed by atoms with Gasteiger partial charge in [0.2, 0.25) is 11.9 Å². The van der Waals surface area contributed by atoms with E-state index in [0.717, 1.165) is 19.4 Å². The fourth-order valence-electron chi connectivity index (χ4n) is 2.32. The molecule has 0 aromatic carbocycles. The average Bonchev–Trinajstić information content (AvgIpc) is 2.46. The van der Waals surface area contributed by atoms with Crippen molar-refractivity contribution in [2.24, 2.45) is 5.84 Å². The fourth-order valence-corrected chi connectivity index (χ4v) is 2.32. The monoisotopic (exact) mass is 252 g/mol. The second kappa shape index (κ2) is 5.81. The van der Waals surface area contributed by atoms with Gasteiger partial charge in [0.15, 0.2) is 0 Å². The number of anilines is 2. The Morgan fingerprint density at radius 1 is 1.39 bits per heavy atom. The predicted octanol–water partition coefficient (Wildman–Crippen LogP) is 0.935. The van der Waals surface area contributed by atoms with E-state index in [2.05, 4.69) is 32.2 Å². The molecular weight excluding hydrogens is 232 g/mol. The Balaban J connectivity index is 2.29. The maximum Gasteiger partial charge on any atom is 0.322 e. The molecule has 0 bridgehead atoms. The SMILES string of the molecule is CCC1CCCCN1c1nc(NN)nc(OC)n1. The maximum atomic E-state index is 5.36. The molecule has 7 nitrogen and oxygen atoms in total. The van der Waals surface area contributed by atoms with Crippen LogP contribution in [0.25, 0.3) is 0 Å². The molecule has 7 heteroatoms. The highest BCUT2D eigenvalue weighted by molar-refractivity contribution is 5.39. The molecule has 0 amide bonds. The standard InChI is InChI=1S/C11H20N6O/c1-3-8-6-4-5-7-17(8)10-13-9(16-12)14-11(15-10)18-2/h8H,3-7,12H2,1-2H3,(H,13,14,15,16). The molecule has 1 aliphatic rings. The van der Waals surface area contributed by atoms with Gasteiger partial charge in [-0.1, -0.05) is 6.92 Å². The van der Waals surface area contributed by atoms with Crippen molar-refractivity contribution >= 4 is 11.9 Å². The summed E-state index contributed by atoms with van der Waals surface area (Å²) in [6.07, 6.45) is 4.68. The highest BCUT2D eigenvalue weighted by Gasteiger charge is 2.24. The summed E-state index contributed by atoms with van der Waals surface area (Å²) in [7, 11) is 1.53. The Morgan fingerprint density at radius 3 is 2.89 bits per heavy atom. The van der Waals surface area contributed by atoms with E-state index in [1.807, 2.05) is 0 Å².